The molecule has 0 aliphatic rings. The van der Waals surface area contributed by atoms with Crippen LogP contribution in [-0.2, 0) is 6.54 Å². The van der Waals surface area contributed by atoms with E-state index in [1.165, 1.54) is 24.4 Å². The van der Waals surface area contributed by atoms with E-state index in [-0.39, 0.29) is 17.3 Å². The van der Waals surface area contributed by atoms with Crippen molar-refractivity contribution in [1.82, 2.24) is 9.78 Å². The first-order valence-electron chi connectivity index (χ1n) is 8.17. The molecule has 0 bridgehead atoms. The van der Waals surface area contributed by atoms with Crippen LogP contribution in [0.15, 0.2) is 45.7 Å². The van der Waals surface area contributed by atoms with Crippen molar-refractivity contribution in [2.24, 2.45) is 0 Å². The Labute approximate surface area is 157 Å². The topological polar surface area (TPSA) is 91.2 Å². The molecule has 0 atom stereocenters. The molecular formula is C19H14ClN3O4. The third-order valence-electron chi connectivity index (χ3n) is 4.72. The highest BCUT2D eigenvalue weighted by molar-refractivity contribution is 6.35. The second-order valence-electron chi connectivity index (χ2n) is 6.40. The molecule has 0 N–H and O–H groups in total. The van der Waals surface area contributed by atoms with Crippen molar-refractivity contribution < 1.29 is 9.34 Å². The SMILES string of the molecule is Cc1ccc2c(Cn3ncc4cc([N+](=O)[O-])cc(Cl)c43)cc(=O)oc2c1C. The predicted octanol–water partition coefficient (Wildman–Crippen LogP) is 4.37. The van der Waals surface area contributed by atoms with Gasteiger partial charge in [0.2, 0.25) is 0 Å². The van der Waals surface area contributed by atoms with Crippen LogP contribution in [0.1, 0.15) is 16.7 Å². The zero-order chi connectivity index (χ0) is 19.3. The summed E-state index contributed by atoms with van der Waals surface area (Å²) in [6, 6.07) is 8.04. The lowest BCUT2D eigenvalue weighted by atomic mass is 10.0. The molecule has 4 rings (SSSR count). The van der Waals surface area contributed by atoms with Crippen molar-refractivity contribution in [1.29, 1.82) is 0 Å². The summed E-state index contributed by atoms with van der Waals surface area (Å²) in [7, 11) is 0. The molecular weight excluding hydrogens is 370 g/mol. The second kappa shape index (κ2) is 6.21. The van der Waals surface area contributed by atoms with Crippen LogP contribution in [0.2, 0.25) is 5.02 Å². The maximum Gasteiger partial charge on any atom is 0.336 e. The summed E-state index contributed by atoms with van der Waals surface area (Å²) >= 11 is 6.27. The highest BCUT2D eigenvalue weighted by atomic mass is 35.5. The van der Waals surface area contributed by atoms with Crippen LogP contribution in [0, 0.1) is 24.0 Å². The number of nitro groups is 1. The lowest BCUT2D eigenvalue weighted by molar-refractivity contribution is -0.384. The first-order chi connectivity index (χ1) is 12.8. The molecule has 2 heterocycles. The van der Waals surface area contributed by atoms with E-state index >= 15 is 0 Å². The predicted molar refractivity (Wildman–Crippen MR) is 102 cm³/mol. The summed E-state index contributed by atoms with van der Waals surface area (Å²) in [5.41, 5.74) is 3.27. The van der Waals surface area contributed by atoms with E-state index in [4.69, 9.17) is 16.0 Å². The second-order valence-corrected chi connectivity index (χ2v) is 6.81. The van der Waals surface area contributed by atoms with Crippen molar-refractivity contribution in [3.05, 3.63) is 78.8 Å². The fraction of sp³-hybridized carbons (Fsp3) is 0.158. The number of benzene rings is 2. The molecule has 0 aliphatic carbocycles. The Morgan fingerprint density at radius 2 is 2.04 bits per heavy atom. The van der Waals surface area contributed by atoms with Gasteiger partial charge >= 0.3 is 5.63 Å². The number of nitro benzene ring substituents is 1. The summed E-state index contributed by atoms with van der Waals surface area (Å²) in [6.07, 6.45) is 1.53. The minimum Gasteiger partial charge on any atom is -0.422 e. The summed E-state index contributed by atoms with van der Waals surface area (Å²) in [5, 5.41) is 16.9. The highest BCUT2D eigenvalue weighted by Crippen LogP contribution is 2.30. The Morgan fingerprint density at radius 1 is 1.26 bits per heavy atom. The first kappa shape index (κ1) is 17.2. The Morgan fingerprint density at radius 3 is 2.78 bits per heavy atom. The lowest BCUT2D eigenvalue weighted by Crippen LogP contribution is -2.07. The number of non-ortho nitro benzene ring substituents is 1. The van der Waals surface area contributed by atoms with Crippen molar-refractivity contribution >= 4 is 39.2 Å². The molecule has 0 saturated carbocycles. The van der Waals surface area contributed by atoms with Gasteiger partial charge in [0, 0.05) is 29.0 Å². The van der Waals surface area contributed by atoms with Crippen LogP contribution in [0.25, 0.3) is 21.9 Å². The molecule has 7 nitrogen and oxygen atoms in total. The standard InChI is InChI=1S/C19H14ClN3O4/c1-10-3-4-15-13(6-17(24)27-19(15)11(10)2)9-22-18-12(8-21-22)5-14(23(25)26)7-16(18)20/h3-8H,9H2,1-2H3. The normalized spacial score (nSPS) is 11.4. The maximum absolute atomic E-state index is 12.0. The smallest absolute Gasteiger partial charge is 0.336 e. The fourth-order valence-corrected chi connectivity index (χ4v) is 3.53. The number of hydrogen-bond acceptors (Lipinski definition) is 5. The molecule has 136 valence electrons. The number of aromatic nitrogens is 2. The highest BCUT2D eigenvalue weighted by Gasteiger charge is 2.16. The summed E-state index contributed by atoms with van der Waals surface area (Å²) in [4.78, 5) is 22.6. The van der Waals surface area contributed by atoms with Gasteiger partial charge < -0.3 is 4.42 Å². The number of fused-ring (bicyclic) bond motifs is 2. The van der Waals surface area contributed by atoms with E-state index in [9.17, 15) is 14.9 Å². The summed E-state index contributed by atoms with van der Waals surface area (Å²) in [6.45, 7) is 4.14. The molecule has 8 heteroatoms. The van der Waals surface area contributed by atoms with Gasteiger partial charge in [-0.3, -0.25) is 14.8 Å². The molecule has 27 heavy (non-hydrogen) atoms. The van der Waals surface area contributed by atoms with Gasteiger partial charge in [-0.05, 0) is 30.5 Å². The van der Waals surface area contributed by atoms with Crippen molar-refractivity contribution in [3.8, 4) is 0 Å². The van der Waals surface area contributed by atoms with E-state index < -0.39 is 10.5 Å². The number of rotatable bonds is 3. The number of hydrogen-bond donors (Lipinski definition) is 0. The quantitative estimate of drug-likeness (QED) is 0.297. The lowest BCUT2D eigenvalue weighted by Gasteiger charge is -2.10. The van der Waals surface area contributed by atoms with Gasteiger partial charge in [-0.15, -0.1) is 0 Å². The van der Waals surface area contributed by atoms with Gasteiger partial charge in [0.15, 0.2) is 0 Å². The fourth-order valence-electron chi connectivity index (χ4n) is 3.21. The van der Waals surface area contributed by atoms with Gasteiger partial charge in [-0.25, -0.2) is 4.79 Å². The van der Waals surface area contributed by atoms with Gasteiger partial charge in [0.05, 0.1) is 28.2 Å². The van der Waals surface area contributed by atoms with Gasteiger partial charge in [0.25, 0.3) is 5.69 Å². The number of aryl methyl sites for hydroxylation is 2. The molecule has 0 fully saturated rings. The number of nitrogens with zero attached hydrogens (tertiary/aromatic N) is 3. The van der Waals surface area contributed by atoms with Crippen LogP contribution in [0.5, 0.6) is 0 Å². The molecule has 0 spiro atoms. The van der Waals surface area contributed by atoms with E-state index in [0.717, 1.165) is 22.1 Å². The third-order valence-corrected chi connectivity index (χ3v) is 5.01. The van der Waals surface area contributed by atoms with E-state index in [1.54, 1.807) is 4.68 Å². The van der Waals surface area contributed by atoms with Crippen molar-refractivity contribution in [3.63, 3.8) is 0 Å². The first-order valence-corrected chi connectivity index (χ1v) is 8.55. The average Bonchev–Trinajstić information content (AvgIpc) is 3.02. The zero-order valence-electron chi connectivity index (χ0n) is 14.5. The average molecular weight is 384 g/mol. The number of halogens is 1. The molecule has 0 aliphatic heterocycles. The van der Waals surface area contributed by atoms with Gasteiger partial charge in [-0.2, -0.15) is 5.10 Å². The molecule has 4 aromatic rings. The van der Waals surface area contributed by atoms with Crippen LogP contribution in [0.3, 0.4) is 0 Å². The molecule has 0 saturated heterocycles. The van der Waals surface area contributed by atoms with Crippen molar-refractivity contribution in [2.75, 3.05) is 0 Å². The monoisotopic (exact) mass is 383 g/mol. The van der Waals surface area contributed by atoms with Crippen LogP contribution in [0.4, 0.5) is 5.69 Å². The molecule has 0 radical (unpaired) electrons. The minimum absolute atomic E-state index is 0.0936. The Balaban J connectivity index is 1.89. The Kier molecular flexibility index (Phi) is 3.96. The molecule has 0 amide bonds. The van der Waals surface area contributed by atoms with E-state index in [2.05, 4.69) is 5.10 Å². The third kappa shape index (κ3) is 2.86. The Bertz CT molecular complexity index is 1290. The van der Waals surface area contributed by atoms with Gasteiger partial charge in [0.1, 0.15) is 5.58 Å². The van der Waals surface area contributed by atoms with Crippen molar-refractivity contribution in [2.45, 2.75) is 20.4 Å². The van der Waals surface area contributed by atoms with Crippen LogP contribution in [-0.4, -0.2) is 14.7 Å². The zero-order valence-corrected chi connectivity index (χ0v) is 15.3. The van der Waals surface area contributed by atoms with Crippen LogP contribution >= 0.6 is 11.6 Å². The largest absolute Gasteiger partial charge is 0.422 e. The summed E-state index contributed by atoms with van der Waals surface area (Å²) in [5.74, 6) is 0. The summed E-state index contributed by atoms with van der Waals surface area (Å²) < 4.78 is 7.03. The van der Waals surface area contributed by atoms with Crippen LogP contribution < -0.4 is 5.63 Å². The van der Waals surface area contributed by atoms with E-state index in [1.807, 2.05) is 26.0 Å². The molecule has 2 aromatic carbocycles. The Hall–Kier alpha value is -3.19. The maximum atomic E-state index is 12.0. The van der Waals surface area contributed by atoms with Gasteiger partial charge in [-0.1, -0.05) is 23.7 Å². The minimum atomic E-state index is -0.496. The van der Waals surface area contributed by atoms with E-state index in [0.29, 0.717) is 16.5 Å². The molecule has 0 unspecified atom stereocenters. The molecule has 2 aromatic heterocycles.